The zero-order valence-electron chi connectivity index (χ0n) is 17.0. The van der Waals surface area contributed by atoms with Crippen LogP contribution in [0.4, 0.5) is 11.4 Å². The van der Waals surface area contributed by atoms with Crippen molar-refractivity contribution in [1.82, 2.24) is 0 Å². The van der Waals surface area contributed by atoms with Crippen LogP contribution in [-0.4, -0.2) is 0 Å². The molecule has 2 aliphatic heterocycles. The van der Waals surface area contributed by atoms with Gasteiger partial charge in [-0.25, -0.2) is 9.98 Å². The fraction of sp³-hybridized carbons (Fsp3) is 0.143. The summed E-state index contributed by atoms with van der Waals surface area (Å²) >= 11 is 0. The van der Waals surface area contributed by atoms with Crippen LogP contribution in [0.5, 0.6) is 0 Å². The monoisotopic (exact) mass is 386 g/mol. The molecule has 0 spiro atoms. The number of fused-ring (bicyclic) bond motifs is 6. The van der Waals surface area contributed by atoms with E-state index in [1.54, 1.807) is 0 Å². The van der Waals surface area contributed by atoms with Gasteiger partial charge in [-0.3, -0.25) is 0 Å². The maximum atomic E-state index is 5.03. The summed E-state index contributed by atoms with van der Waals surface area (Å²) in [5.41, 5.74) is 8.51. The van der Waals surface area contributed by atoms with Gasteiger partial charge in [0.1, 0.15) is 0 Å². The maximum absolute atomic E-state index is 5.03. The van der Waals surface area contributed by atoms with Crippen LogP contribution in [0.15, 0.2) is 88.8 Å². The van der Waals surface area contributed by atoms with E-state index in [4.69, 9.17) is 9.98 Å². The minimum absolute atomic E-state index is 1.03. The fourth-order valence-corrected chi connectivity index (χ4v) is 4.79. The Hall–Kier alpha value is -3.52. The highest BCUT2D eigenvalue weighted by Crippen LogP contribution is 2.45. The number of hydrogen-bond acceptors (Lipinski definition) is 2. The van der Waals surface area contributed by atoms with Gasteiger partial charge in [-0.1, -0.05) is 67.9 Å². The van der Waals surface area contributed by atoms with Gasteiger partial charge in [0.2, 0.25) is 0 Å². The van der Waals surface area contributed by atoms with E-state index in [1.165, 1.54) is 51.1 Å². The van der Waals surface area contributed by atoms with E-state index in [9.17, 15) is 0 Å². The predicted molar refractivity (Wildman–Crippen MR) is 122 cm³/mol. The van der Waals surface area contributed by atoms with Gasteiger partial charge in [-0.05, 0) is 53.8 Å². The number of nitrogens with zero attached hydrogens (tertiary/aromatic N) is 2. The first-order chi connectivity index (χ1) is 14.8. The van der Waals surface area contributed by atoms with E-state index >= 15 is 0 Å². The molecular formula is C28H22N2. The second kappa shape index (κ2) is 6.77. The molecule has 4 aromatic rings. The molecule has 6 rings (SSSR count). The van der Waals surface area contributed by atoms with E-state index in [2.05, 4.69) is 85.8 Å². The normalized spacial score (nSPS) is 12.4. The molecule has 0 saturated heterocycles. The Bertz CT molecular complexity index is 1530. The number of para-hydroxylation sites is 1. The molecule has 2 heterocycles. The van der Waals surface area contributed by atoms with Crippen molar-refractivity contribution in [3.8, 4) is 22.3 Å². The molecule has 0 atom stereocenters. The van der Waals surface area contributed by atoms with E-state index in [0.717, 1.165) is 28.5 Å². The van der Waals surface area contributed by atoms with Gasteiger partial charge in [0.05, 0.1) is 22.1 Å². The van der Waals surface area contributed by atoms with Crippen molar-refractivity contribution < 1.29 is 0 Å². The first-order valence-corrected chi connectivity index (χ1v) is 10.8. The third kappa shape index (κ3) is 2.50. The molecule has 2 heteroatoms. The molecule has 144 valence electrons. The average molecular weight is 386 g/mol. The van der Waals surface area contributed by atoms with Crippen molar-refractivity contribution in [2.45, 2.75) is 26.2 Å². The van der Waals surface area contributed by atoms with Crippen molar-refractivity contribution in [2.75, 3.05) is 0 Å². The highest BCUT2D eigenvalue weighted by atomic mass is 14.8. The van der Waals surface area contributed by atoms with Crippen LogP contribution < -0.4 is 10.7 Å². The molecule has 2 aliphatic rings. The van der Waals surface area contributed by atoms with E-state index in [-0.39, 0.29) is 0 Å². The molecular weight excluding hydrogens is 364 g/mol. The highest BCUT2D eigenvalue weighted by molar-refractivity contribution is 5.97. The Morgan fingerprint density at radius 2 is 1.47 bits per heavy atom. The summed E-state index contributed by atoms with van der Waals surface area (Å²) in [5, 5.41) is 4.50. The second-order valence-electron chi connectivity index (χ2n) is 8.06. The van der Waals surface area contributed by atoms with Crippen LogP contribution >= 0.6 is 0 Å². The lowest BCUT2D eigenvalue weighted by Gasteiger charge is -2.14. The first kappa shape index (κ1) is 17.3. The Morgan fingerprint density at radius 3 is 2.40 bits per heavy atom. The molecule has 0 bridgehead atoms. The quantitative estimate of drug-likeness (QED) is 0.346. The average Bonchev–Trinajstić information content (AvgIpc) is 3.35. The third-order valence-electron chi connectivity index (χ3n) is 6.22. The molecule has 0 aliphatic carbocycles. The van der Waals surface area contributed by atoms with Crippen molar-refractivity contribution in [2.24, 2.45) is 9.98 Å². The minimum Gasteiger partial charge on any atom is -0.248 e. The smallest absolute Gasteiger partial charge is 0.0817 e. The summed E-state index contributed by atoms with van der Waals surface area (Å²) in [4.78, 5) is 10.0. The molecule has 4 aromatic carbocycles. The van der Waals surface area contributed by atoms with Crippen LogP contribution in [0.2, 0.25) is 0 Å². The highest BCUT2D eigenvalue weighted by Gasteiger charge is 2.24. The summed E-state index contributed by atoms with van der Waals surface area (Å²) in [7, 11) is 0. The Morgan fingerprint density at radius 1 is 0.633 bits per heavy atom. The topological polar surface area (TPSA) is 24.7 Å². The summed E-state index contributed by atoms with van der Waals surface area (Å²) in [6, 6.07) is 28.1. The molecule has 2 nitrogen and oxygen atoms in total. The van der Waals surface area contributed by atoms with E-state index < -0.39 is 0 Å². The number of benzene rings is 4. The van der Waals surface area contributed by atoms with Crippen molar-refractivity contribution >= 4 is 11.4 Å². The van der Waals surface area contributed by atoms with Gasteiger partial charge < -0.3 is 0 Å². The van der Waals surface area contributed by atoms with Crippen LogP contribution in [-0.2, 0) is 6.42 Å². The number of aryl methyl sites for hydroxylation is 1. The van der Waals surface area contributed by atoms with Crippen molar-refractivity contribution in [3.05, 3.63) is 106 Å². The predicted octanol–water partition coefficient (Wildman–Crippen LogP) is 6.18. The third-order valence-corrected chi connectivity index (χ3v) is 6.22. The Kier molecular flexibility index (Phi) is 3.92. The zero-order valence-corrected chi connectivity index (χ0v) is 17.0. The van der Waals surface area contributed by atoms with E-state index in [1.807, 2.05) is 0 Å². The number of unbranched alkanes of at least 4 members (excludes halogenated alkanes) is 1. The molecule has 0 unspecified atom stereocenters. The van der Waals surface area contributed by atoms with Gasteiger partial charge in [0.25, 0.3) is 0 Å². The molecule has 0 saturated carbocycles. The number of rotatable bonds is 4. The van der Waals surface area contributed by atoms with Crippen LogP contribution in [0.25, 0.3) is 22.3 Å². The lowest BCUT2D eigenvalue weighted by molar-refractivity contribution is 0.796. The van der Waals surface area contributed by atoms with E-state index in [0.29, 0.717) is 0 Å². The Labute approximate surface area is 175 Å². The van der Waals surface area contributed by atoms with Crippen LogP contribution in [0, 0.1) is 10.4 Å². The van der Waals surface area contributed by atoms with Gasteiger partial charge in [-0.15, -0.1) is 0 Å². The second-order valence-corrected chi connectivity index (χ2v) is 8.06. The molecule has 0 amide bonds. The summed E-state index contributed by atoms with van der Waals surface area (Å²) in [6.45, 7) is 2.25. The van der Waals surface area contributed by atoms with Crippen LogP contribution in [0.1, 0.15) is 25.3 Å². The largest absolute Gasteiger partial charge is 0.248 e. The maximum Gasteiger partial charge on any atom is 0.0817 e. The van der Waals surface area contributed by atoms with Crippen molar-refractivity contribution in [1.29, 1.82) is 0 Å². The first-order valence-electron chi connectivity index (χ1n) is 10.8. The minimum atomic E-state index is 1.03. The molecule has 0 radical (unpaired) electrons. The SMILES string of the molecule is CCCCc1ccccc1-c1cccc2c1-c1c3c(ccc1=N2)=c1ccccc1=N3. The molecule has 0 fully saturated rings. The van der Waals surface area contributed by atoms with Gasteiger partial charge in [-0.2, -0.15) is 0 Å². The molecule has 30 heavy (non-hydrogen) atoms. The lowest BCUT2D eigenvalue weighted by atomic mass is 9.89. The zero-order chi connectivity index (χ0) is 20.1. The molecule has 0 aromatic heterocycles. The molecule has 0 N–H and O–H groups in total. The van der Waals surface area contributed by atoms with Crippen molar-refractivity contribution in [3.63, 3.8) is 0 Å². The standard InChI is InChI=1S/C28H22N2/c1-2-3-9-18-10-4-5-11-19(18)21-13-8-15-24-26(21)27-25(29-24)17-16-22-20-12-6-7-14-23(20)30-28(22)27/h4-8,10-17H,2-3,9H2,1H3. The van der Waals surface area contributed by atoms with Gasteiger partial charge in [0, 0.05) is 21.6 Å². The summed E-state index contributed by atoms with van der Waals surface area (Å²) in [6.07, 6.45) is 3.50. The summed E-state index contributed by atoms with van der Waals surface area (Å²) in [5.74, 6) is 0. The lowest BCUT2D eigenvalue weighted by Crippen LogP contribution is -2.01. The van der Waals surface area contributed by atoms with Gasteiger partial charge in [0.15, 0.2) is 0 Å². The fourth-order valence-electron chi connectivity index (χ4n) is 4.79. The van der Waals surface area contributed by atoms with Crippen LogP contribution in [0.3, 0.4) is 0 Å². The van der Waals surface area contributed by atoms with Gasteiger partial charge >= 0.3 is 0 Å². The Balaban J connectivity index is 1.65. The number of hydrogen-bond donors (Lipinski definition) is 0. The summed E-state index contributed by atoms with van der Waals surface area (Å²) < 4.78 is 0.